The Kier molecular flexibility index (Phi) is 5.72. The van der Waals surface area contributed by atoms with Gasteiger partial charge in [0, 0.05) is 29.8 Å². The number of sulfonamides is 1. The Labute approximate surface area is 125 Å². The summed E-state index contributed by atoms with van der Waals surface area (Å²) in [6.45, 7) is 5.23. The van der Waals surface area contributed by atoms with Gasteiger partial charge in [-0.1, -0.05) is 13.8 Å². The topological polar surface area (TPSA) is 92.4 Å². The zero-order valence-corrected chi connectivity index (χ0v) is 13.4. The monoisotopic (exact) mass is 318 g/mol. The summed E-state index contributed by atoms with van der Waals surface area (Å²) in [5, 5.41) is 9.45. The maximum absolute atomic E-state index is 13.6. The SMILES string of the molecule is CCC(CC)(CO)CNS(=O)(=O)c1cc(N)c(C)c(F)c1. The fourth-order valence-corrected chi connectivity index (χ4v) is 3.14. The molecule has 0 aliphatic heterocycles. The molecule has 120 valence electrons. The Balaban J connectivity index is 3.03. The molecule has 0 bridgehead atoms. The lowest BCUT2D eigenvalue weighted by Crippen LogP contribution is -2.39. The van der Waals surface area contributed by atoms with Gasteiger partial charge in [-0.25, -0.2) is 17.5 Å². The molecular weight excluding hydrogens is 295 g/mol. The quantitative estimate of drug-likeness (QED) is 0.668. The van der Waals surface area contributed by atoms with E-state index in [-0.39, 0.29) is 29.3 Å². The molecule has 7 heteroatoms. The first-order chi connectivity index (χ1) is 9.71. The summed E-state index contributed by atoms with van der Waals surface area (Å²) in [6.07, 6.45) is 1.26. The normalized spacial score (nSPS) is 12.6. The lowest BCUT2D eigenvalue weighted by molar-refractivity contribution is 0.119. The van der Waals surface area contributed by atoms with Crippen molar-refractivity contribution >= 4 is 15.7 Å². The molecule has 0 saturated heterocycles. The van der Waals surface area contributed by atoms with Crippen molar-refractivity contribution in [3.8, 4) is 0 Å². The van der Waals surface area contributed by atoms with Gasteiger partial charge in [-0.3, -0.25) is 0 Å². The van der Waals surface area contributed by atoms with E-state index in [4.69, 9.17) is 5.73 Å². The first kappa shape index (κ1) is 17.9. The largest absolute Gasteiger partial charge is 0.398 e. The summed E-state index contributed by atoms with van der Waals surface area (Å²) in [6, 6.07) is 2.19. The van der Waals surface area contributed by atoms with Crippen LogP contribution in [0.1, 0.15) is 32.3 Å². The van der Waals surface area contributed by atoms with Crippen LogP contribution in [0.15, 0.2) is 17.0 Å². The molecule has 0 fully saturated rings. The lowest BCUT2D eigenvalue weighted by atomic mass is 9.84. The second kappa shape index (κ2) is 6.72. The highest BCUT2D eigenvalue weighted by Crippen LogP contribution is 2.26. The zero-order valence-electron chi connectivity index (χ0n) is 12.6. The molecule has 0 amide bonds. The molecule has 0 aliphatic carbocycles. The number of anilines is 1. The Morgan fingerprint density at radius 3 is 2.33 bits per heavy atom. The molecule has 0 aliphatic rings. The molecule has 1 aromatic rings. The van der Waals surface area contributed by atoms with E-state index in [1.54, 1.807) is 0 Å². The average Bonchev–Trinajstić information content (AvgIpc) is 2.46. The first-order valence-electron chi connectivity index (χ1n) is 6.87. The summed E-state index contributed by atoms with van der Waals surface area (Å²) in [5.74, 6) is -0.658. The molecular formula is C14H23FN2O3S. The predicted molar refractivity (Wildman–Crippen MR) is 80.8 cm³/mol. The van der Waals surface area contributed by atoms with Crippen molar-refractivity contribution in [1.82, 2.24) is 4.72 Å². The first-order valence-corrected chi connectivity index (χ1v) is 8.36. The third-order valence-electron chi connectivity index (χ3n) is 4.14. The van der Waals surface area contributed by atoms with Gasteiger partial charge in [0.2, 0.25) is 10.0 Å². The van der Waals surface area contributed by atoms with E-state index in [0.29, 0.717) is 12.8 Å². The van der Waals surface area contributed by atoms with E-state index in [1.165, 1.54) is 13.0 Å². The van der Waals surface area contributed by atoms with Crippen LogP contribution in [0.5, 0.6) is 0 Å². The van der Waals surface area contributed by atoms with Crippen molar-refractivity contribution in [2.75, 3.05) is 18.9 Å². The van der Waals surface area contributed by atoms with Gasteiger partial charge < -0.3 is 10.8 Å². The molecule has 5 nitrogen and oxygen atoms in total. The third kappa shape index (κ3) is 3.93. The van der Waals surface area contributed by atoms with Gasteiger partial charge in [0.1, 0.15) is 5.82 Å². The maximum atomic E-state index is 13.6. The molecule has 1 rings (SSSR count). The van der Waals surface area contributed by atoms with E-state index in [9.17, 15) is 17.9 Å². The van der Waals surface area contributed by atoms with E-state index >= 15 is 0 Å². The van der Waals surface area contributed by atoms with Crippen molar-refractivity contribution in [2.24, 2.45) is 5.41 Å². The van der Waals surface area contributed by atoms with E-state index in [1.807, 2.05) is 13.8 Å². The van der Waals surface area contributed by atoms with Crippen LogP contribution < -0.4 is 10.5 Å². The fourth-order valence-electron chi connectivity index (χ4n) is 1.94. The number of halogens is 1. The van der Waals surface area contributed by atoms with Gasteiger partial charge in [-0.05, 0) is 31.9 Å². The highest BCUT2D eigenvalue weighted by molar-refractivity contribution is 7.89. The van der Waals surface area contributed by atoms with Gasteiger partial charge in [-0.15, -0.1) is 0 Å². The summed E-state index contributed by atoms with van der Waals surface area (Å²) in [4.78, 5) is -0.206. The number of aliphatic hydroxyl groups excluding tert-OH is 1. The number of aliphatic hydroxyl groups is 1. The van der Waals surface area contributed by atoms with Crippen LogP contribution in [0.25, 0.3) is 0 Å². The molecule has 21 heavy (non-hydrogen) atoms. The lowest BCUT2D eigenvalue weighted by Gasteiger charge is -2.29. The van der Waals surface area contributed by atoms with E-state index in [0.717, 1.165) is 6.07 Å². The van der Waals surface area contributed by atoms with Crippen molar-refractivity contribution in [3.63, 3.8) is 0 Å². The number of nitrogens with two attached hydrogens (primary N) is 1. The third-order valence-corrected chi connectivity index (χ3v) is 5.52. The molecule has 4 N–H and O–H groups in total. The van der Waals surface area contributed by atoms with E-state index < -0.39 is 21.3 Å². The minimum Gasteiger partial charge on any atom is -0.398 e. The minimum absolute atomic E-state index is 0.0915. The zero-order chi connectivity index (χ0) is 16.3. The van der Waals surface area contributed by atoms with Gasteiger partial charge in [0.15, 0.2) is 0 Å². The van der Waals surface area contributed by atoms with Gasteiger partial charge in [-0.2, -0.15) is 0 Å². The maximum Gasteiger partial charge on any atom is 0.240 e. The van der Waals surface area contributed by atoms with Crippen molar-refractivity contribution in [1.29, 1.82) is 0 Å². The van der Waals surface area contributed by atoms with E-state index in [2.05, 4.69) is 4.72 Å². The standard InChI is InChI=1S/C14H23FN2O3S/c1-4-14(5-2,9-18)8-17-21(19,20)11-6-12(15)10(3)13(16)7-11/h6-7,17-18H,4-5,8-9,16H2,1-3H3. The number of nitrogen functional groups attached to an aromatic ring is 1. The molecule has 0 radical (unpaired) electrons. The molecule has 0 saturated carbocycles. The van der Waals surface area contributed by atoms with Crippen LogP contribution in [-0.2, 0) is 10.0 Å². The summed E-state index contributed by atoms with van der Waals surface area (Å²) >= 11 is 0. The summed E-state index contributed by atoms with van der Waals surface area (Å²) in [7, 11) is -3.87. The minimum atomic E-state index is -3.87. The summed E-state index contributed by atoms with van der Waals surface area (Å²) in [5.41, 5.74) is 5.41. The molecule has 0 unspecified atom stereocenters. The Hall–Kier alpha value is -1.18. The van der Waals surface area contributed by atoms with Crippen molar-refractivity contribution in [2.45, 2.75) is 38.5 Å². The second-order valence-corrected chi connectivity index (χ2v) is 7.08. The number of rotatable bonds is 7. The number of hydrogen-bond donors (Lipinski definition) is 3. The Bertz CT molecular complexity index is 567. The molecule has 1 aromatic carbocycles. The van der Waals surface area contributed by atoms with Gasteiger partial charge in [0.05, 0.1) is 4.90 Å². The number of benzene rings is 1. The molecule has 0 spiro atoms. The highest BCUT2D eigenvalue weighted by Gasteiger charge is 2.28. The van der Waals surface area contributed by atoms with Crippen LogP contribution in [-0.4, -0.2) is 26.7 Å². The number of hydrogen-bond acceptors (Lipinski definition) is 4. The average molecular weight is 318 g/mol. The predicted octanol–water partition coefficient (Wildman–Crippen LogP) is 1.79. The fraction of sp³-hybridized carbons (Fsp3) is 0.571. The van der Waals surface area contributed by atoms with Crippen molar-refractivity contribution in [3.05, 3.63) is 23.5 Å². The van der Waals surface area contributed by atoms with Crippen LogP contribution in [0, 0.1) is 18.2 Å². The number of nitrogens with one attached hydrogen (secondary N) is 1. The molecule has 0 aromatic heterocycles. The van der Waals surface area contributed by atoms with Crippen LogP contribution in [0.3, 0.4) is 0 Å². The molecule has 0 heterocycles. The van der Waals surface area contributed by atoms with Crippen LogP contribution in [0.2, 0.25) is 0 Å². The second-order valence-electron chi connectivity index (χ2n) is 5.31. The van der Waals surface area contributed by atoms with Crippen LogP contribution in [0.4, 0.5) is 10.1 Å². The van der Waals surface area contributed by atoms with Gasteiger partial charge >= 0.3 is 0 Å². The van der Waals surface area contributed by atoms with Crippen LogP contribution >= 0.6 is 0 Å². The smallest absolute Gasteiger partial charge is 0.240 e. The Morgan fingerprint density at radius 2 is 1.90 bits per heavy atom. The van der Waals surface area contributed by atoms with Gasteiger partial charge in [0.25, 0.3) is 0 Å². The highest BCUT2D eigenvalue weighted by atomic mass is 32.2. The summed E-state index contributed by atoms with van der Waals surface area (Å²) < 4.78 is 40.5. The Morgan fingerprint density at radius 1 is 1.33 bits per heavy atom. The van der Waals surface area contributed by atoms with Crippen molar-refractivity contribution < 1.29 is 17.9 Å². The molecule has 0 atom stereocenters.